The number of fused-ring (bicyclic) bond motifs is 4. The highest BCUT2D eigenvalue weighted by Crippen LogP contribution is 2.34. The minimum atomic E-state index is -4.88. The predicted molar refractivity (Wildman–Crippen MR) is 296 cm³/mol. The normalized spacial score (nSPS) is 12.2. The standard InChI is InChI=1S/C50H34N14O6S6/c65-75(66,67)43-23-33(55-45-25-47(71-61-27-51-35-9-1-5-13-39(35)61)59-49(57-45)73-63-29-53-37-11-3-7-15-41(37)63)21-19-31(43)17-18-32-20-22-34(24-44(32)76(68,69)70)56-46-26-48(72-62-28-52-36-10-2-6-14-40(36)62)60-50(58-46)74-64-30-54-38-12-4-8-16-42(38)64/h1-30H,(H,55,57,59)(H,56,58,60)(H,65,66,67)(H,68,69,70). The van der Waals surface area contributed by atoms with Crippen molar-refractivity contribution in [1.82, 2.24) is 55.8 Å². The number of nitrogens with one attached hydrogen (secondary N) is 2. The second kappa shape index (κ2) is 20.2. The summed E-state index contributed by atoms with van der Waals surface area (Å²) in [5.74, 6) is 0.603. The zero-order valence-corrected chi connectivity index (χ0v) is 43.6. The number of benzene rings is 6. The van der Waals surface area contributed by atoms with Gasteiger partial charge in [0.2, 0.25) is 10.3 Å². The lowest BCUT2D eigenvalue weighted by Crippen LogP contribution is -2.05. The Bertz CT molecular complexity index is 4020. The number of nitrogens with zero attached hydrogens (tertiary/aromatic N) is 12. The fraction of sp³-hybridized carbons (Fsp3) is 0. The lowest BCUT2D eigenvalue weighted by Gasteiger charge is -2.13. The first-order chi connectivity index (χ1) is 36.8. The zero-order chi connectivity index (χ0) is 52.0. The molecule has 0 radical (unpaired) electrons. The van der Waals surface area contributed by atoms with E-state index in [4.69, 9.17) is 19.9 Å². The molecule has 376 valence electrons. The molecule has 6 aromatic carbocycles. The van der Waals surface area contributed by atoms with Crippen molar-refractivity contribution in [2.24, 2.45) is 0 Å². The van der Waals surface area contributed by atoms with Crippen LogP contribution in [-0.4, -0.2) is 81.7 Å². The smallest absolute Gasteiger partial charge is 0.295 e. The highest BCUT2D eigenvalue weighted by molar-refractivity contribution is 7.99. The van der Waals surface area contributed by atoms with Crippen molar-refractivity contribution in [1.29, 1.82) is 0 Å². The summed E-state index contributed by atoms with van der Waals surface area (Å²) in [6.07, 6.45) is 9.37. The molecule has 0 aliphatic rings. The van der Waals surface area contributed by atoms with Crippen molar-refractivity contribution in [3.8, 4) is 0 Å². The molecule has 0 unspecified atom stereocenters. The molecule has 0 spiro atoms. The molecule has 0 amide bonds. The molecular weight excluding hydrogens is 1090 g/mol. The van der Waals surface area contributed by atoms with E-state index in [1.165, 1.54) is 84.2 Å². The summed E-state index contributed by atoms with van der Waals surface area (Å²) in [7, 11) is -9.75. The number of imidazole rings is 4. The molecule has 0 aliphatic carbocycles. The van der Waals surface area contributed by atoms with E-state index in [-0.39, 0.29) is 22.5 Å². The van der Waals surface area contributed by atoms with Crippen molar-refractivity contribution in [2.75, 3.05) is 10.6 Å². The van der Waals surface area contributed by atoms with Crippen LogP contribution in [0.1, 0.15) is 11.1 Å². The summed E-state index contributed by atoms with van der Waals surface area (Å²) in [6.45, 7) is 0. The van der Waals surface area contributed by atoms with Gasteiger partial charge in [-0.1, -0.05) is 72.8 Å². The molecule has 4 N–H and O–H groups in total. The van der Waals surface area contributed by atoms with Gasteiger partial charge in [0.25, 0.3) is 20.2 Å². The summed E-state index contributed by atoms with van der Waals surface area (Å²) in [4.78, 5) is 36.1. The fourth-order valence-corrected chi connectivity index (χ4v) is 12.8. The highest BCUT2D eigenvalue weighted by atomic mass is 32.2. The molecule has 20 nitrogen and oxygen atoms in total. The van der Waals surface area contributed by atoms with Crippen LogP contribution >= 0.6 is 47.8 Å². The van der Waals surface area contributed by atoms with Gasteiger partial charge in [0.15, 0.2) is 0 Å². The molecule has 0 fully saturated rings. The molecule has 12 aromatic rings. The third kappa shape index (κ3) is 10.5. The van der Waals surface area contributed by atoms with Gasteiger partial charge in [0, 0.05) is 71.3 Å². The molecule has 6 aromatic heterocycles. The van der Waals surface area contributed by atoms with E-state index in [0.717, 1.165) is 44.1 Å². The van der Waals surface area contributed by atoms with Crippen molar-refractivity contribution in [3.63, 3.8) is 0 Å². The van der Waals surface area contributed by atoms with Crippen LogP contribution in [-0.2, 0) is 20.2 Å². The van der Waals surface area contributed by atoms with Gasteiger partial charge < -0.3 is 10.6 Å². The SMILES string of the molecule is O=S(=O)(O)c1cc(Nc2cc(Sn3cnc4ccccc43)nc(Sn3cnc4ccccc43)n2)ccc1C=Cc1ccc(Nc2cc(Sn3cnc4ccccc43)nc(Sn3cnc4ccccc43)n2)cc1S(=O)(=O)O. The Hall–Kier alpha value is -8.08. The van der Waals surface area contributed by atoms with Crippen LogP contribution in [0.5, 0.6) is 0 Å². The molecule has 26 heteroatoms. The number of aromatic nitrogens is 12. The van der Waals surface area contributed by atoms with Crippen LogP contribution in [0.25, 0.3) is 56.3 Å². The molecule has 0 saturated heterocycles. The first-order valence-electron chi connectivity index (χ1n) is 22.5. The van der Waals surface area contributed by atoms with Gasteiger partial charge in [-0.05, 0) is 83.9 Å². The van der Waals surface area contributed by atoms with Crippen LogP contribution < -0.4 is 10.6 Å². The number of para-hydroxylation sites is 8. The minimum Gasteiger partial charge on any atom is -0.340 e. The lowest BCUT2D eigenvalue weighted by molar-refractivity contribution is 0.480. The Balaban J connectivity index is 0.836. The van der Waals surface area contributed by atoms with Crippen molar-refractivity contribution >= 4 is 147 Å². The van der Waals surface area contributed by atoms with Crippen LogP contribution in [0.15, 0.2) is 201 Å². The Kier molecular flexibility index (Phi) is 13.0. The van der Waals surface area contributed by atoms with Gasteiger partial charge in [-0.3, -0.25) is 25.0 Å². The number of hydrogen-bond acceptors (Lipinski definition) is 18. The quantitative estimate of drug-likeness (QED) is 0.0303. The molecule has 0 saturated carbocycles. The van der Waals surface area contributed by atoms with Gasteiger partial charge >= 0.3 is 0 Å². The largest absolute Gasteiger partial charge is 0.340 e. The molecule has 0 atom stereocenters. The van der Waals surface area contributed by atoms with E-state index < -0.39 is 30.0 Å². The highest BCUT2D eigenvalue weighted by Gasteiger charge is 2.20. The summed E-state index contributed by atoms with van der Waals surface area (Å²) >= 11 is 5.06. The fourth-order valence-electron chi connectivity index (χ4n) is 7.95. The number of anilines is 4. The molecule has 6 heterocycles. The maximum atomic E-state index is 13.0. The Labute approximate surface area is 448 Å². The zero-order valence-electron chi connectivity index (χ0n) is 38.7. The van der Waals surface area contributed by atoms with Crippen LogP contribution in [0.2, 0.25) is 0 Å². The van der Waals surface area contributed by atoms with E-state index in [1.54, 1.807) is 49.6 Å². The molecule has 76 heavy (non-hydrogen) atoms. The second-order valence-corrected chi connectivity index (χ2v) is 23.0. The van der Waals surface area contributed by atoms with E-state index in [9.17, 15) is 25.9 Å². The van der Waals surface area contributed by atoms with E-state index in [0.29, 0.717) is 32.0 Å². The molecule has 12 rings (SSSR count). The van der Waals surface area contributed by atoms with E-state index in [1.807, 2.05) is 113 Å². The average Bonchev–Trinajstić information content (AvgIpc) is 4.22. The van der Waals surface area contributed by atoms with Crippen molar-refractivity contribution in [3.05, 3.63) is 182 Å². The average molecular weight is 1120 g/mol. The van der Waals surface area contributed by atoms with E-state index >= 15 is 0 Å². The first kappa shape index (κ1) is 48.8. The first-order valence-corrected chi connectivity index (χ1v) is 28.5. The third-order valence-corrected chi connectivity index (χ3v) is 16.6. The summed E-state index contributed by atoms with van der Waals surface area (Å²) in [6, 6.07) is 42.4. The topological polar surface area (TPSA) is 256 Å². The summed E-state index contributed by atoms with van der Waals surface area (Å²) < 4.78 is 80.5. The van der Waals surface area contributed by atoms with Crippen LogP contribution in [0.4, 0.5) is 23.0 Å². The molecule has 0 bridgehead atoms. The maximum Gasteiger partial charge on any atom is 0.295 e. The lowest BCUT2D eigenvalue weighted by atomic mass is 10.1. The Morgan fingerprint density at radius 1 is 0.408 bits per heavy atom. The van der Waals surface area contributed by atoms with Gasteiger partial charge in [-0.2, -0.15) is 16.8 Å². The van der Waals surface area contributed by atoms with Crippen molar-refractivity contribution < 1.29 is 25.9 Å². The Morgan fingerprint density at radius 3 is 1.08 bits per heavy atom. The van der Waals surface area contributed by atoms with Gasteiger partial charge in [0.05, 0.1) is 44.1 Å². The predicted octanol–water partition coefficient (Wildman–Crippen LogP) is 11.0. The minimum absolute atomic E-state index is 0.0121. The maximum absolute atomic E-state index is 13.0. The summed E-state index contributed by atoms with van der Waals surface area (Å²) in [5.41, 5.74) is 7.10. The summed E-state index contributed by atoms with van der Waals surface area (Å²) in [5, 5.41) is 8.07. The third-order valence-electron chi connectivity index (χ3n) is 11.4. The van der Waals surface area contributed by atoms with Gasteiger partial charge in [-0.15, -0.1) is 0 Å². The monoisotopic (exact) mass is 1120 g/mol. The molecular formula is C50H34N14O6S6. The second-order valence-electron chi connectivity index (χ2n) is 16.4. The molecule has 0 aliphatic heterocycles. The number of rotatable bonds is 16. The number of hydrogen-bond donors (Lipinski definition) is 4. The Morgan fingerprint density at radius 2 is 0.737 bits per heavy atom. The van der Waals surface area contributed by atoms with Gasteiger partial charge in [-0.25, -0.2) is 39.9 Å². The van der Waals surface area contributed by atoms with Crippen LogP contribution in [0, 0.1) is 0 Å². The van der Waals surface area contributed by atoms with Gasteiger partial charge in [0.1, 0.15) is 56.8 Å². The van der Waals surface area contributed by atoms with E-state index in [2.05, 4.69) is 30.6 Å². The van der Waals surface area contributed by atoms with Crippen molar-refractivity contribution in [2.45, 2.75) is 30.2 Å². The van der Waals surface area contributed by atoms with Crippen LogP contribution in [0.3, 0.4) is 0 Å².